The van der Waals surface area contributed by atoms with E-state index in [-0.39, 0.29) is 0 Å². The SMILES string of the molecule is CCOc1cc(Br)cc(CN)c1. The Labute approximate surface area is 80.8 Å². The Morgan fingerprint density at radius 1 is 1.42 bits per heavy atom. The number of hydrogen-bond donors (Lipinski definition) is 1. The average molecular weight is 230 g/mol. The molecule has 1 aromatic carbocycles. The van der Waals surface area contributed by atoms with Gasteiger partial charge >= 0.3 is 0 Å². The summed E-state index contributed by atoms with van der Waals surface area (Å²) in [4.78, 5) is 0. The van der Waals surface area contributed by atoms with E-state index >= 15 is 0 Å². The summed E-state index contributed by atoms with van der Waals surface area (Å²) in [7, 11) is 0. The highest BCUT2D eigenvalue weighted by Gasteiger charge is 1.97. The van der Waals surface area contributed by atoms with Crippen molar-refractivity contribution in [2.24, 2.45) is 5.73 Å². The Balaban J connectivity index is 2.90. The van der Waals surface area contributed by atoms with E-state index in [9.17, 15) is 0 Å². The molecule has 0 saturated heterocycles. The lowest BCUT2D eigenvalue weighted by molar-refractivity contribution is 0.339. The van der Waals surface area contributed by atoms with E-state index in [1.165, 1.54) is 0 Å². The molecule has 0 heterocycles. The summed E-state index contributed by atoms with van der Waals surface area (Å²) >= 11 is 3.39. The first-order valence-electron chi connectivity index (χ1n) is 3.88. The smallest absolute Gasteiger partial charge is 0.120 e. The van der Waals surface area contributed by atoms with Crippen LogP contribution in [0.3, 0.4) is 0 Å². The van der Waals surface area contributed by atoms with Gasteiger partial charge in [-0.25, -0.2) is 0 Å². The predicted molar refractivity (Wildman–Crippen MR) is 53.2 cm³/mol. The highest BCUT2D eigenvalue weighted by molar-refractivity contribution is 9.10. The van der Waals surface area contributed by atoms with Crippen molar-refractivity contribution in [3.63, 3.8) is 0 Å². The van der Waals surface area contributed by atoms with Crippen molar-refractivity contribution in [2.75, 3.05) is 6.61 Å². The van der Waals surface area contributed by atoms with Crippen LogP contribution in [-0.2, 0) is 6.54 Å². The van der Waals surface area contributed by atoms with Crippen molar-refractivity contribution < 1.29 is 4.74 Å². The standard InChI is InChI=1S/C9H12BrNO/c1-2-12-9-4-7(6-11)3-8(10)5-9/h3-5H,2,6,11H2,1H3. The topological polar surface area (TPSA) is 35.2 Å². The summed E-state index contributed by atoms with van der Waals surface area (Å²) < 4.78 is 6.35. The normalized spacial score (nSPS) is 9.92. The second kappa shape index (κ2) is 4.48. The number of halogens is 1. The Morgan fingerprint density at radius 2 is 2.17 bits per heavy atom. The van der Waals surface area contributed by atoms with Crippen LogP contribution in [0.25, 0.3) is 0 Å². The third-order valence-electron chi connectivity index (χ3n) is 1.48. The van der Waals surface area contributed by atoms with Gasteiger partial charge in [-0.05, 0) is 30.7 Å². The highest BCUT2D eigenvalue weighted by Crippen LogP contribution is 2.21. The van der Waals surface area contributed by atoms with Gasteiger partial charge in [-0.2, -0.15) is 0 Å². The van der Waals surface area contributed by atoms with Crippen LogP contribution in [0.2, 0.25) is 0 Å². The van der Waals surface area contributed by atoms with Gasteiger partial charge in [-0.3, -0.25) is 0 Å². The van der Waals surface area contributed by atoms with E-state index < -0.39 is 0 Å². The maximum absolute atomic E-state index is 5.51. The molecule has 0 fully saturated rings. The molecule has 0 aliphatic carbocycles. The number of hydrogen-bond acceptors (Lipinski definition) is 2. The zero-order chi connectivity index (χ0) is 8.97. The monoisotopic (exact) mass is 229 g/mol. The van der Waals surface area contributed by atoms with Gasteiger partial charge in [-0.15, -0.1) is 0 Å². The molecule has 0 aromatic heterocycles. The molecule has 0 radical (unpaired) electrons. The third-order valence-corrected chi connectivity index (χ3v) is 1.94. The molecule has 1 aromatic rings. The van der Waals surface area contributed by atoms with Gasteiger partial charge in [0.05, 0.1) is 6.61 Å². The lowest BCUT2D eigenvalue weighted by Gasteiger charge is -2.05. The van der Waals surface area contributed by atoms with Crippen molar-refractivity contribution in [3.05, 3.63) is 28.2 Å². The summed E-state index contributed by atoms with van der Waals surface area (Å²) in [5, 5.41) is 0. The molecular weight excluding hydrogens is 218 g/mol. The summed E-state index contributed by atoms with van der Waals surface area (Å²) in [6, 6.07) is 5.87. The Hall–Kier alpha value is -0.540. The van der Waals surface area contributed by atoms with Crippen LogP contribution < -0.4 is 10.5 Å². The molecule has 12 heavy (non-hydrogen) atoms. The summed E-state index contributed by atoms with van der Waals surface area (Å²) in [5.74, 6) is 0.868. The van der Waals surface area contributed by atoms with Crippen LogP contribution in [-0.4, -0.2) is 6.61 Å². The van der Waals surface area contributed by atoms with Crippen molar-refractivity contribution in [2.45, 2.75) is 13.5 Å². The maximum atomic E-state index is 5.51. The Kier molecular flexibility index (Phi) is 3.56. The fraction of sp³-hybridized carbons (Fsp3) is 0.333. The minimum absolute atomic E-state index is 0.541. The number of nitrogens with two attached hydrogens (primary N) is 1. The van der Waals surface area contributed by atoms with Gasteiger partial charge in [0.25, 0.3) is 0 Å². The Bertz CT molecular complexity index is 263. The van der Waals surface area contributed by atoms with Crippen LogP contribution in [0, 0.1) is 0 Å². The molecule has 2 N–H and O–H groups in total. The molecule has 0 bridgehead atoms. The second-order valence-electron chi connectivity index (χ2n) is 2.43. The molecule has 1 rings (SSSR count). The lowest BCUT2D eigenvalue weighted by Crippen LogP contribution is -1.98. The summed E-state index contributed by atoms with van der Waals surface area (Å²) in [5.41, 5.74) is 6.58. The lowest BCUT2D eigenvalue weighted by atomic mass is 10.2. The second-order valence-corrected chi connectivity index (χ2v) is 3.35. The first-order valence-corrected chi connectivity index (χ1v) is 4.68. The fourth-order valence-corrected chi connectivity index (χ4v) is 1.51. The number of rotatable bonds is 3. The molecule has 66 valence electrons. The minimum atomic E-state index is 0.541. The largest absolute Gasteiger partial charge is 0.494 e. The zero-order valence-electron chi connectivity index (χ0n) is 7.01. The van der Waals surface area contributed by atoms with E-state index in [2.05, 4.69) is 15.9 Å². The van der Waals surface area contributed by atoms with Gasteiger partial charge in [0.15, 0.2) is 0 Å². The average Bonchev–Trinajstić information content (AvgIpc) is 2.04. The van der Waals surface area contributed by atoms with Crippen LogP contribution in [0.15, 0.2) is 22.7 Å². The molecule has 0 aliphatic heterocycles. The van der Waals surface area contributed by atoms with E-state index in [4.69, 9.17) is 10.5 Å². The maximum Gasteiger partial charge on any atom is 0.120 e. The van der Waals surface area contributed by atoms with Crippen LogP contribution in [0.4, 0.5) is 0 Å². The molecule has 0 aliphatic rings. The molecule has 0 unspecified atom stereocenters. The molecule has 0 saturated carbocycles. The molecular formula is C9H12BrNO. The van der Waals surface area contributed by atoms with Crippen molar-refractivity contribution in [1.29, 1.82) is 0 Å². The zero-order valence-corrected chi connectivity index (χ0v) is 8.60. The Morgan fingerprint density at radius 3 is 2.75 bits per heavy atom. The minimum Gasteiger partial charge on any atom is -0.494 e. The number of benzene rings is 1. The molecule has 0 spiro atoms. The first-order chi connectivity index (χ1) is 5.76. The van der Waals surface area contributed by atoms with E-state index in [1.807, 2.05) is 25.1 Å². The van der Waals surface area contributed by atoms with Crippen molar-refractivity contribution in [3.8, 4) is 5.75 Å². The fourth-order valence-electron chi connectivity index (χ4n) is 0.989. The van der Waals surface area contributed by atoms with Crippen LogP contribution in [0.5, 0.6) is 5.75 Å². The van der Waals surface area contributed by atoms with Gasteiger partial charge in [-0.1, -0.05) is 15.9 Å². The number of ether oxygens (including phenoxy) is 1. The molecule has 0 amide bonds. The quantitative estimate of drug-likeness (QED) is 0.864. The van der Waals surface area contributed by atoms with Crippen LogP contribution in [0.1, 0.15) is 12.5 Å². The van der Waals surface area contributed by atoms with Gasteiger partial charge in [0, 0.05) is 11.0 Å². The van der Waals surface area contributed by atoms with E-state index in [0.717, 1.165) is 15.8 Å². The summed E-state index contributed by atoms with van der Waals surface area (Å²) in [6.07, 6.45) is 0. The van der Waals surface area contributed by atoms with Crippen LogP contribution >= 0.6 is 15.9 Å². The molecule has 2 nitrogen and oxygen atoms in total. The van der Waals surface area contributed by atoms with E-state index in [1.54, 1.807) is 0 Å². The molecule has 3 heteroatoms. The summed E-state index contributed by atoms with van der Waals surface area (Å²) in [6.45, 7) is 3.18. The third kappa shape index (κ3) is 2.50. The predicted octanol–water partition coefficient (Wildman–Crippen LogP) is 2.31. The van der Waals surface area contributed by atoms with Gasteiger partial charge in [0.2, 0.25) is 0 Å². The van der Waals surface area contributed by atoms with Gasteiger partial charge in [0.1, 0.15) is 5.75 Å². The van der Waals surface area contributed by atoms with E-state index in [0.29, 0.717) is 13.2 Å². The highest BCUT2D eigenvalue weighted by atomic mass is 79.9. The first kappa shape index (κ1) is 9.55. The van der Waals surface area contributed by atoms with Crippen molar-refractivity contribution in [1.82, 2.24) is 0 Å². The van der Waals surface area contributed by atoms with Crippen molar-refractivity contribution >= 4 is 15.9 Å². The van der Waals surface area contributed by atoms with Gasteiger partial charge < -0.3 is 10.5 Å². The molecule has 0 atom stereocenters.